The van der Waals surface area contributed by atoms with Gasteiger partial charge in [0.25, 0.3) is 0 Å². The van der Waals surface area contributed by atoms with Gasteiger partial charge in [-0.05, 0) is 13.3 Å². The van der Waals surface area contributed by atoms with Crippen molar-refractivity contribution in [3.63, 3.8) is 0 Å². The Hall–Kier alpha value is -0.0400. The molecule has 24 heavy (non-hydrogen) atoms. The van der Waals surface area contributed by atoms with E-state index in [0.717, 1.165) is 6.61 Å². The topological polar surface area (TPSA) is 12.5 Å². The summed E-state index contributed by atoms with van der Waals surface area (Å²) in [6.45, 7) is 5.55. The molecule has 0 amide bonds. The maximum Gasteiger partial charge on any atom is 0.0888 e. The van der Waals surface area contributed by atoms with Crippen LogP contribution in [0, 0.1) is 0 Å². The Morgan fingerprint density at radius 2 is 0.833 bits per heavy atom. The van der Waals surface area contributed by atoms with E-state index in [-0.39, 0.29) is 5.60 Å². The second kappa shape index (κ2) is 15.2. The van der Waals surface area contributed by atoms with E-state index < -0.39 is 0 Å². The zero-order valence-electron chi connectivity index (χ0n) is 17.1. The average Bonchev–Trinajstić information content (AvgIpc) is 3.31. The molecule has 1 aliphatic rings. The predicted octanol–water partition coefficient (Wildman–Crippen LogP) is 8.21. The van der Waals surface area contributed by atoms with E-state index in [9.17, 15) is 0 Å². The van der Waals surface area contributed by atoms with Gasteiger partial charge in [0.1, 0.15) is 0 Å². The minimum absolute atomic E-state index is 0.287. The van der Waals surface area contributed by atoms with Crippen molar-refractivity contribution in [2.24, 2.45) is 0 Å². The van der Waals surface area contributed by atoms with Gasteiger partial charge in [-0.25, -0.2) is 0 Å². The number of ether oxygens (including phenoxy) is 1. The highest BCUT2D eigenvalue weighted by molar-refractivity contribution is 4.86. The molecular formula is C23H46O. The number of unbranched alkanes of at least 4 members (excludes halogenated alkanes) is 17. The number of epoxide rings is 1. The summed E-state index contributed by atoms with van der Waals surface area (Å²) in [6.07, 6.45) is 27.5. The van der Waals surface area contributed by atoms with E-state index >= 15 is 0 Å². The van der Waals surface area contributed by atoms with Gasteiger partial charge in [0, 0.05) is 0 Å². The van der Waals surface area contributed by atoms with Gasteiger partial charge in [0.15, 0.2) is 0 Å². The molecule has 0 aromatic rings. The molecule has 1 atom stereocenters. The molecule has 1 fully saturated rings. The normalized spacial score (nSPS) is 19.8. The zero-order chi connectivity index (χ0) is 17.3. The second-order valence-electron chi connectivity index (χ2n) is 8.50. The number of rotatable bonds is 19. The van der Waals surface area contributed by atoms with Crippen LogP contribution in [-0.2, 0) is 4.74 Å². The van der Waals surface area contributed by atoms with Crippen molar-refractivity contribution in [1.82, 2.24) is 0 Å². The SMILES string of the molecule is CCCCCCCCCCCCCCCCCCCCC1(C)CO1. The van der Waals surface area contributed by atoms with Crippen LogP contribution >= 0.6 is 0 Å². The highest BCUT2D eigenvalue weighted by atomic mass is 16.6. The summed E-state index contributed by atoms with van der Waals surface area (Å²) in [7, 11) is 0. The molecule has 0 N–H and O–H groups in total. The molecule has 1 unspecified atom stereocenters. The predicted molar refractivity (Wildman–Crippen MR) is 108 cm³/mol. The first-order chi connectivity index (χ1) is 11.8. The van der Waals surface area contributed by atoms with Gasteiger partial charge in [-0.1, -0.05) is 122 Å². The summed E-state index contributed by atoms with van der Waals surface area (Å²) in [6, 6.07) is 0. The van der Waals surface area contributed by atoms with Gasteiger partial charge < -0.3 is 4.74 Å². The van der Waals surface area contributed by atoms with Crippen LogP contribution < -0.4 is 0 Å². The largest absolute Gasteiger partial charge is 0.370 e. The maximum atomic E-state index is 5.43. The Kier molecular flexibility index (Phi) is 14.0. The van der Waals surface area contributed by atoms with Gasteiger partial charge in [0.05, 0.1) is 12.2 Å². The Morgan fingerprint density at radius 1 is 0.542 bits per heavy atom. The third-order valence-electron chi connectivity index (χ3n) is 5.70. The van der Waals surface area contributed by atoms with Gasteiger partial charge in [-0.15, -0.1) is 0 Å². The van der Waals surface area contributed by atoms with Crippen LogP contribution in [0.5, 0.6) is 0 Å². The van der Waals surface area contributed by atoms with Crippen LogP contribution in [0.1, 0.15) is 136 Å². The van der Waals surface area contributed by atoms with Gasteiger partial charge in [-0.3, -0.25) is 0 Å². The summed E-state index contributed by atoms with van der Waals surface area (Å²) in [4.78, 5) is 0. The van der Waals surface area contributed by atoms with E-state index in [1.54, 1.807) is 0 Å². The number of hydrogen-bond acceptors (Lipinski definition) is 1. The monoisotopic (exact) mass is 338 g/mol. The molecule has 0 radical (unpaired) electrons. The number of hydrogen-bond donors (Lipinski definition) is 0. The fourth-order valence-electron chi connectivity index (χ4n) is 3.67. The van der Waals surface area contributed by atoms with Gasteiger partial charge >= 0.3 is 0 Å². The second-order valence-corrected chi connectivity index (χ2v) is 8.50. The Bertz CT molecular complexity index is 257. The molecule has 0 bridgehead atoms. The minimum atomic E-state index is 0.287. The summed E-state index contributed by atoms with van der Waals surface area (Å²) in [5.74, 6) is 0. The van der Waals surface area contributed by atoms with Crippen molar-refractivity contribution >= 4 is 0 Å². The lowest BCUT2D eigenvalue weighted by Crippen LogP contribution is -2.02. The van der Waals surface area contributed by atoms with E-state index in [4.69, 9.17) is 4.74 Å². The third-order valence-corrected chi connectivity index (χ3v) is 5.70. The quantitative estimate of drug-likeness (QED) is 0.171. The molecule has 0 aliphatic carbocycles. The van der Waals surface area contributed by atoms with E-state index in [0.29, 0.717) is 0 Å². The van der Waals surface area contributed by atoms with Crippen LogP contribution in [0.3, 0.4) is 0 Å². The highest BCUT2D eigenvalue weighted by Crippen LogP contribution is 2.31. The lowest BCUT2D eigenvalue weighted by atomic mass is 10.0. The van der Waals surface area contributed by atoms with E-state index in [1.165, 1.54) is 122 Å². The summed E-state index contributed by atoms with van der Waals surface area (Å²) in [5.41, 5.74) is 0.287. The summed E-state index contributed by atoms with van der Waals surface area (Å²) >= 11 is 0. The van der Waals surface area contributed by atoms with Crippen molar-refractivity contribution in [3.8, 4) is 0 Å². The van der Waals surface area contributed by atoms with Crippen molar-refractivity contribution in [1.29, 1.82) is 0 Å². The fourth-order valence-corrected chi connectivity index (χ4v) is 3.67. The first-order valence-corrected chi connectivity index (χ1v) is 11.4. The average molecular weight is 339 g/mol. The lowest BCUT2D eigenvalue weighted by Gasteiger charge is -2.05. The summed E-state index contributed by atoms with van der Waals surface area (Å²) < 4.78 is 5.43. The van der Waals surface area contributed by atoms with Crippen molar-refractivity contribution in [2.45, 2.75) is 141 Å². The third kappa shape index (κ3) is 14.3. The van der Waals surface area contributed by atoms with Crippen LogP contribution in [0.15, 0.2) is 0 Å². The Morgan fingerprint density at radius 3 is 1.12 bits per heavy atom. The van der Waals surface area contributed by atoms with Crippen LogP contribution in [0.4, 0.5) is 0 Å². The molecular weight excluding hydrogens is 292 g/mol. The van der Waals surface area contributed by atoms with Crippen LogP contribution in [-0.4, -0.2) is 12.2 Å². The molecule has 0 aromatic heterocycles. The molecule has 0 saturated carbocycles. The molecule has 1 nitrogen and oxygen atoms in total. The molecule has 1 heterocycles. The molecule has 0 aromatic carbocycles. The fraction of sp³-hybridized carbons (Fsp3) is 1.00. The molecule has 1 rings (SSSR count). The van der Waals surface area contributed by atoms with E-state index in [1.807, 2.05) is 0 Å². The minimum Gasteiger partial charge on any atom is -0.370 e. The van der Waals surface area contributed by atoms with Crippen LogP contribution in [0.2, 0.25) is 0 Å². The zero-order valence-corrected chi connectivity index (χ0v) is 17.1. The van der Waals surface area contributed by atoms with Gasteiger partial charge in [-0.2, -0.15) is 0 Å². The summed E-state index contributed by atoms with van der Waals surface area (Å²) in [5, 5.41) is 0. The van der Waals surface area contributed by atoms with Gasteiger partial charge in [0.2, 0.25) is 0 Å². The van der Waals surface area contributed by atoms with Crippen molar-refractivity contribution in [3.05, 3.63) is 0 Å². The molecule has 144 valence electrons. The molecule has 1 heteroatoms. The lowest BCUT2D eigenvalue weighted by molar-refractivity contribution is 0.301. The Balaban J connectivity index is 1.62. The maximum absolute atomic E-state index is 5.43. The molecule has 1 saturated heterocycles. The molecule has 0 spiro atoms. The Labute approximate surface area is 153 Å². The molecule has 1 aliphatic heterocycles. The standard InChI is InChI=1S/C23H46O/c1-3-4-5-6-7-8-9-10-11-12-13-14-15-16-17-18-19-20-21-23(2)22-24-23/h3-22H2,1-2H3. The highest BCUT2D eigenvalue weighted by Gasteiger charge is 2.37. The first kappa shape index (κ1) is 22.0. The van der Waals surface area contributed by atoms with Crippen molar-refractivity contribution in [2.75, 3.05) is 6.61 Å². The smallest absolute Gasteiger partial charge is 0.0888 e. The van der Waals surface area contributed by atoms with Crippen molar-refractivity contribution < 1.29 is 4.74 Å². The van der Waals surface area contributed by atoms with E-state index in [2.05, 4.69) is 13.8 Å². The first-order valence-electron chi connectivity index (χ1n) is 11.4. The van der Waals surface area contributed by atoms with Crippen LogP contribution in [0.25, 0.3) is 0 Å².